The molecule has 1 saturated carbocycles. The van der Waals surface area contributed by atoms with Gasteiger partial charge >= 0.3 is 0 Å². The lowest BCUT2D eigenvalue weighted by atomic mass is 10.1. The van der Waals surface area contributed by atoms with E-state index >= 15 is 0 Å². The van der Waals surface area contributed by atoms with Crippen molar-refractivity contribution in [3.8, 4) is 0 Å². The van der Waals surface area contributed by atoms with Gasteiger partial charge in [-0.05, 0) is 42.5 Å². The van der Waals surface area contributed by atoms with E-state index in [9.17, 15) is 0 Å². The fraction of sp³-hybridized carbons (Fsp3) is 0.571. The van der Waals surface area contributed by atoms with Crippen molar-refractivity contribution < 1.29 is 4.74 Å². The van der Waals surface area contributed by atoms with E-state index in [2.05, 4.69) is 36.5 Å². The largest absolute Gasteiger partial charge is 0.380 e. The van der Waals surface area contributed by atoms with Gasteiger partial charge in [-0.25, -0.2) is 0 Å². The van der Waals surface area contributed by atoms with Gasteiger partial charge in [-0.2, -0.15) is 0 Å². The molecule has 2 unspecified atom stereocenters. The maximum atomic E-state index is 5.16. The summed E-state index contributed by atoms with van der Waals surface area (Å²) in [5, 5.41) is 3.43. The predicted octanol–water partition coefficient (Wildman–Crippen LogP) is 2.55. The van der Waals surface area contributed by atoms with E-state index in [1.54, 1.807) is 7.11 Å². The van der Waals surface area contributed by atoms with Crippen molar-refractivity contribution >= 4 is 0 Å². The Hall–Kier alpha value is -0.860. The van der Waals surface area contributed by atoms with Crippen LogP contribution in [0.25, 0.3) is 0 Å². The summed E-state index contributed by atoms with van der Waals surface area (Å²) in [5.74, 6) is 1.62. The quantitative estimate of drug-likeness (QED) is 0.794. The van der Waals surface area contributed by atoms with E-state index in [0.717, 1.165) is 31.5 Å². The van der Waals surface area contributed by atoms with Gasteiger partial charge in [0.25, 0.3) is 0 Å². The second kappa shape index (κ2) is 5.46. The lowest BCUT2D eigenvalue weighted by Crippen LogP contribution is -2.16. The van der Waals surface area contributed by atoms with Crippen molar-refractivity contribution in [2.45, 2.75) is 25.9 Å². The molecule has 0 aromatic heterocycles. The molecule has 2 nitrogen and oxygen atoms in total. The van der Waals surface area contributed by atoms with E-state index < -0.39 is 0 Å². The fourth-order valence-electron chi connectivity index (χ4n) is 2.29. The number of methoxy groups -OCH3 is 1. The summed E-state index contributed by atoms with van der Waals surface area (Å²) in [7, 11) is 1.75. The molecular weight excluding hydrogens is 198 g/mol. The van der Waals surface area contributed by atoms with Gasteiger partial charge in [0.2, 0.25) is 0 Å². The van der Waals surface area contributed by atoms with Gasteiger partial charge in [-0.15, -0.1) is 0 Å². The molecule has 1 aromatic carbocycles. The normalized spacial score (nSPS) is 23.4. The van der Waals surface area contributed by atoms with Crippen LogP contribution in [0.2, 0.25) is 0 Å². The average molecular weight is 219 g/mol. The van der Waals surface area contributed by atoms with E-state index in [0.29, 0.717) is 0 Å². The Balaban J connectivity index is 1.92. The topological polar surface area (TPSA) is 21.3 Å². The van der Waals surface area contributed by atoms with Crippen LogP contribution in [0.4, 0.5) is 0 Å². The zero-order chi connectivity index (χ0) is 11.4. The predicted molar refractivity (Wildman–Crippen MR) is 66.5 cm³/mol. The molecule has 0 radical (unpaired) electrons. The maximum Gasteiger partial charge on any atom is 0.0713 e. The van der Waals surface area contributed by atoms with Gasteiger partial charge < -0.3 is 10.1 Å². The Morgan fingerprint density at radius 1 is 1.44 bits per heavy atom. The molecule has 0 amide bonds. The summed E-state index contributed by atoms with van der Waals surface area (Å²) in [6, 6.07) is 8.82. The van der Waals surface area contributed by atoms with Crippen LogP contribution in [0.1, 0.15) is 30.4 Å². The second-order valence-corrected chi connectivity index (χ2v) is 4.59. The summed E-state index contributed by atoms with van der Waals surface area (Å²) >= 11 is 0. The van der Waals surface area contributed by atoms with Crippen LogP contribution in [0.15, 0.2) is 24.3 Å². The van der Waals surface area contributed by atoms with Crippen LogP contribution < -0.4 is 5.32 Å². The van der Waals surface area contributed by atoms with Crippen molar-refractivity contribution in [1.82, 2.24) is 5.32 Å². The second-order valence-electron chi connectivity index (χ2n) is 4.59. The first-order valence-electron chi connectivity index (χ1n) is 6.13. The third kappa shape index (κ3) is 2.83. The molecule has 1 aliphatic carbocycles. The molecule has 0 aliphatic heterocycles. The standard InChI is InChI=1S/C14H21NO/c1-3-15-9-13-8-14(13)12-6-4-5-11(7-12)10-16-2/h4-7,13-15H,3,8-10H2,1-2H3. The van der Waals surface area contributed by atoms with E-state index in [4.69, 9.17) is 4.74 Å². The Kier molecular flexibility index (Phi) is 3.97. The summed E-state index contributed by atoms with van der Waals surface area (Å²) in [6.45, 7) is 5.12. The Morgan fingerprint density at radius 3 is 3.06 bits per heavy atom. The Bertz CT molecular complexity index is 337. The molecule has 1 N–H and O–H groups in total. The van der Waals surface area contributed by atoms with Gasteiger partial charge in [0.1, 0.15) is 0 Å². The van der Waals surface area contributed by atoms with Gasteiger partial charge in [0, 0.05) is 7.11 Å². The van der Waals surface area contributed by atoms with Gasteiger partial charge in [0.15, 0.2) is 0 Å². The molecule has 0 bridgehead atoms. The summed E-state index contributed by atoms with van der Waals surface area (Å²) < 4.78 is 5.16. The molecule has 2 atom stereocenters. The van der Waals surface area contributed by atoms with Gasteiger partial charge in [-0.1, -0.05) is 31.2 Å². The average Bonchev–Trinajstić information content (AvgIpc) is 3.07. The maximum absolute atomic E-state index is 5.16. The van der Waals surface area contributed by atoms with Crippen LogP contribution in [0.5, 0.6) is 0 Å². The van der Waals surface area contributed by atoms with Crippen LogP contribution >= 0.6 is 0 Å². The number of ether oxygens (including phenoxy) is 1. The van der Waals surface area contributed by atoms with Crippen molar-refractivity contribution in [2.75, 3.05) is 20.2 Å². The fourth-order valence-corrected chi connectivity index (χ4v) is 2.29. The molecule has 16 heavy (non-hydrogen) atoms. The van der Waals surface area contributed by atoms with Gasteiger partial charge in [-0.3, -0.25) is 0 Å². The minimum Gasteiger partial charge on any atom is -0.380 e. The van der Waals surface area contributed by atoms with Crippen molar-refractivity contribution in [1.29, 1.82) is 0 Å². The zero-order valence-corrected chi connectivity index (χ0v) is 10.2. The molecule has 1 fully saturated rings. The van der Waals surface area contributed by atoms with Crippen molar-refractivity contribution in [3.05, 3.63) is 35.4 Å². The van der Waals surface area contributed by atoms with Crippen LogP contribution in [-0.2, 0) is 11.3 Å². The van der Waals surface area contributed by atoms with Crippen LogP contribution in [0.3, 0.4) is 0 Å². The Morgan fingerprint density at radius 2 is 2.31 bits per heavy atom. The minimum absolute atomic E-state index is 0.721. The molecular formula is C14H21NO. The number of hydrogen-bond donors (Lipinski definition) is 1. The summed E-state index contributed by atoms with van der Waals surface area (Å²) in [6.07, 6.45) is 1.34. The van der Waals surface area contributed by atoms with Crippen molar-refractivity contribution in [2.24, 2.45) is 5.92 Å². The van der Waals surface area contributed by atoms with E-state index in [1.807, 2.05) is 0 Å². The highest BCUT2D eigenvalue weighted by Gasteiger charge is 2.37. The highest BCUT2D eigenvalue weighted by molar-refractivity contribution is 5.30. The molecule has 0 spiro atoms. The number of nitrogens with one attached hydrogen (secondary N) is 1. The van der Waals surface area contributed by atoms with E-state index in [1.165, 1.54) is 17.5 Å². The third-order valence-electron chi connectivity index (χ3n) is 3.27. The first-order chi connectivity index (χ1) is 7.85. The molecule has 88 valence electrons. The molecule has 2 rings (SSSR count). The lowest BCUT2D eigenvalue weighted by molar-refractivity contribution is 0.185. The molecule has 1 aliphatic rings. The molecule has 0 heterocycles. The van der Waals surface area contributed by atoms with Crippen LogP contribution in [0, 0.1) is 5.92 Å². The number of benzene rings is 1. The third-order valence-corrected chi connectivity index (χ3v) is 3.27. The monoisotopic (exact) mass is 219 g/mol. The Labute approximate surface area is 98.0 Å². The highest BCUT2D eigenvalue weighted by atomic mass is 16.5. The van der Waals surface area contributed by atoms with E-state index in [-0.39, 0.29) is 0 Å². The molecule has 1 aromatic rings. The van der Waals surface area contributed by atoms with Gasteiger partial charge in [0.05, 0.1) is 6.61 Å². The highest BCUT2D eigenvalue weighted by Crippen LogP contribution is 2.47. The molecule has 0 saturated heterocycles. The SMILES string of the molecule is CCNCC1CC1c1cccc(COC)c1. The van der Waals surface area contributed by atoms with Crippen molar-refractivity contribution in [3.63, 3.8) is 0 Å². The minimum atomic E-state index is 0.721. The summed E-state index contributed by atoms with van der Waals surface area (Å²) in [4.78, 5) is 0. The smallest absolute Gasteiger partial charge is 0.0713 e. The summed E-state index contributed by atoms with van der Waals surface area (Å²) in [5.41, 5.74) is 2.77. The van der Waals surface area contributed by atoms with Crippen LogP contribution in [-0.4, -0.2) is 20.2 Å². The first kappa shape index (κ1) is 11.6. The lowest BCUT2D eigenvalue weighted by Gasteiger charge is -2.04. The first-order valence-corrected chi connectivity index (χ1v) is 6.13. The zero-order valence-electron chi connectivity index (χ0n) is 10.2. The number of hydrogen-bond acceptors (Lipinski definition) is 2. The number of rotatable bonds is 6. The molecule has 2 heteroatoms.